The Morgan fingerprint density at radius 2 is 1.92 bits per heavy atom. The van der Waals surface area contributed by atoms with Crippen molar-refractivity contribution in [2.45, 2.75) is 6.04 Å². The molecule has 0 aliphatic carbocycles. The fraction of sp³-hybridized carbons (Fsp3) is 0.200. The second-order valence-electron chi connectivity index (χ2n) is 2.64. The van der Waals surface area contributed by atoms with E-state index in [2.05, 4.69) is 11.9 Å². The molecule has 3 heteroatoms. The van der Waals surface area contributed by atoms with Crippen LogP contribution in [0.3, 0.4) is 0 Å². The molecule has 1 unspecified atom stereocenters. The number of halogens is 2. The van der Waals surface area contributed by atoms with Crippen LogP contribution >= 0.6 is 0 Å². The Kier molecular flexibility index (Phi) is 3.14. The van der Waals surface area contributed by atoms with E-state index in [4.69, 9.17) is 0 Å². The first-order chi connectivity index (χ1) is 6.20. The van der Waals surface area contributed by atoms with Gasteiger partial charge in [0.15, 0.2) is 0 Å². The molecule has 0 aromatic heterocycles. The Bertz CT molecular complexity index is 290. The highest BCUT2D eigenvalue weighted by molar-refractivity contribution is 5.26. The number of rotatable bonds is 3. The molecule has 0 heterocycles. The van der Waals surface area contributed by atoms with Crippen molar-refractivity contribution in [1.82, 2.24) is 5.32 Å². The van der Waals surface area contributed by atoms with Gasteiger partial charge in [-0.3, -0.25) is 0 Å². The highest BCUT2D eigenvalue weighted by Gasteiger charge is 2.14. The topological polar surface area (TPSA) is 12.0 Å². The van der Waals surface area contributed by atoms with Crippen molar-refractivity contribution >= 4 is 0 Å². The SMILES string of the molecule is C=CC(NC)c1c(F)cccc1F. The van der Waals surface area contributed by atoms with Crippen LogP contribution in [0, 0.1) is 11.6 Å². The largest absolute Gasteiger partial charge is 0.310 e. The number of likely N-dealkylation sites (N-methyl/N-ethyl adjacent to an activating group) is 1. The molecule has 0 aliphatic heterocycles. The predicted octanol–water partition coefficient (Wildman–Crippen LogP) is 2.41. The van der Waals surface area contributed by atoms with E-state index in [0.717, 1.165) is 0 Å². The van der Waals surface area contributed by atoms with E-state index in [-0.39, 0.29) is 5.56 Å². The number of nitrogens with one attached hydrogen (secondary N) is 1. The maximum Gasteiger partial charge on any atom is 0.131 e. The molecule has 1 aromatic rings. The Morgan fingerprint density at radius 3 is 2.31 bits per heavy atom. The third kappa shape index (κ3) is 1.92. The van der Waals surface area contributed by atoms with Gasteiger partial charge in [0.2, 0.25) is 0 Å². The average Bonchev–Trinajstić information content (AvgIpc) is 2.11. The first-order valence-electron chi connectivity index (χ1n) is 3.94. The van der Waals surface area contributed by atoms with Crippen LogP contribution in [0.2, 0.25) is 0 Å². The quantitative estimate of drug-likeness (QED) is 0.709. The first kappa shape index (κ1) is 9.86. The van der Waals surface area contributed by atoms with Crippen molar-refractivity contribution in [3.63, 3.8) is 0 Å². The minimum atomic E-state index is -0.556. The van der Waals surface area contributed by atoms with Crippen molar-refractivity contribution in [2.75, 3.05) is 7.05 Å². The summed E-state index contributed by atoms with van der Waals surface area (Å²) in [7, 11) is 1.62. The molecular formula is C10H11F2N. The average molecular weight is 183 g/mol. The first-order valence-corrected chi connectivity index (χ1v) is 3.94. The molecule has 1 rings (SSSR count). The van der Waals surface area contributed by atoms with E-state index in [9.17, 15) is 8.78 Å². The molecule has 13 heavy (non-hydrogen) atoms. The summed E-state index contributed by atoms with van der Waals surface area (Å²) in [5.41, 5.74) is 0.0139. The van der Waals surface area contributed by atoms with E-state index < -0.39 is 17.7 Å². The highest BCUT2D eigenvalue weighted by atomic mass is 19.1. The molecule has 0 amide bonds. The van der Waals surface area contributed by atoms with E-state index in [1.165, 1.54) is 24.3 Å². The van der Waals surface area contributed by atoms with Gasteiger partial charge in [0.1, 0.15) is 11.6 Å². The normalized spacial score (nSPS) is 12.5. The van der Waals surface area contributed by atoms with Crippen LogP contribution in [0.5, 0.6) is 0 Å². The van der Waals surface area contributed by atoms with Crippen molar-refractivity contribution in [3.8, 4) is 0 Å². The lowest BCUT2D eigenvalue weighted by Crippen LogP contribution is -2.16. The smallest absolute Gasteiger partial charge is 0.131 e. The van der Waals surface area contributed by atoms with Crippen molar-refractivity contribution in [2.24, 2.45) is 0 Å². The van der Waals surface area contributed by atoms with Crippen LogP contribution < -0.4 is 5.32 Å². The summed E-state index contributed by atoms with van der Waals surface area (Å²) < 4.78 is 26.3. The maximum atomic E-state index is 13.1. The van der Waals surface area contributed by atoms with E-state index >= 15 is 0 Å². The number of hydrogen-bond acceptors (Lipinski definition) is 1. The number of benzene rings is 1. The minimum Gasteiger partial charge on any atom is -0.310 e. The van der Waals surface area contributed by atoms with Crippen LogP contribution in [0.1, 0.15) is 11.6 Å². The van der Waals surface area contributed by atoms with Crippen LogP contribution in [0.4, 0.5) is 8.78 Å². The predicted molar refractivity (Wildman–Crippen MR) is 48.4 cm³/mol. The molecule has 70 valence electrons. The van der Waals surface area contributed by atoms with E-state index in [1.807, 2.05) is 0 Å². The molecule has 0 radical (unpaired) electrons. The second-order valence-corrected chi connectivity index (χ2v) is 2.64. The lowest BCUT2D eigenvalue weighted by Gasteiger charge is -2.13. The molecule has 1 nitrogen and oxygen atoms in total. The monoisotopic (exact) mass is 183 g/mol. The Labute approximate surface area is 76.1 Å². The molecule has 0 bridgehead atoms. The standard InChI is InChI=1S/C10H11F2N/c1-3-9(13-2)10-7(11)5-4-6-8(10)12/h3-6,9,13H,1H2,2H3. The molecule has 0 spiro atoms. The zero-order valence-corrected chi connectivity index (χ0v) is 7.35. The van der Waals surface area contributed by atoms with Crippen molar-refractivity contribution in [3.05, 3.63) is 48.1 Å². The summed E-state index contributed by atoms with van der Waals surface area (Å²) >= 11 is 0. The Hall–Kier alpha value is -1.22. The zero-order chi connectivity index (χ0) is 9.84. The molecule has 0 aliphatic rings. The van der Waals surface area contributed by atoms with Gasteiger partial charge in [-0.15, -0.1) is 6.58 Å². The van der Waals surface area contributed by atoms with Gasteiger partial charge in [-0.2, -0.15) is 0 Å². The summed E-state index contributed by atoms with van der Waals surface area (Å²) in [6.07, 6.45) is 1.46. The number of hydrogen-bond donors (Lipinski definition) is 1. The molecule has 0 saturated heterocycles. The van der Waals surface area contributed by atoms with Crippen LogP contribution in [-0.4, -0.2) is 7.05 Å². The van der Waals surface area contributed by atoms with Crippen molar-refractivity contribution in [1.29, 1.82) is 0 Å². The molecule has 1 atom stereocenters. The fourth-order valence-corrected chi connectivity index (χ4v) is 1.19. The molecule has 0 saturated carbocycles. The summed E-state index contributed by atoms with van der Waals surface area (Å²) in [5.74, 6) is -1.11. The van der Waals surface area contributed by atoms with Crippen molar-refractivity contribution < 1.29 is 8.78 Å². The Morgan fingerprint density at radius 1 is 1.38 bits per heavy atom. The van der Waals surface area contributed by atoms with Gasteiger partial charge in [-0.25, -0.2) is 8.78 Å². The summed E-state index contributed by atoms with van der Waals surface area (Å²) in [6, 6.07) is 3.31. The third-order valence-electron chi connectivity index (χ3n) is 1.86. The lowest BCUT2D eigenvalue weighted by molar-refractivity contribution is 0.527. The maximum absolute atomic E-state index is 13.1. The summed E-state index contributed by atoms with van der Waals surface area (Å²) in [5, 5.41) is 2.75. The summed E-state index contributed by atoms with van der Waals surface area (Å²) in [6.45, 7) is 3.49. The van der Waals surface area contributed by atoms with Gasteiger partial charge >= 0.3 is 0 Å². The second kappa shape index (κ2) is 4.14. The van der Waals surface area contributed by atoms with Gasteiger partial charge in [-0.1, -0.05) is 12.1 Å². The van der Waals surface area contributed by atoms with Gasteiger partial charge in [-0.05, 0) is 19.2 Å². The van der Waals surface area contributed by atoms with E-state index in [1.54, 1.807) is 7.05 Å². The zero-order valence-electron chi connectivity index (χ0n) is 7.35. The van der Waals surface area contributed by atoms with Crippen LogP contribution in [0.25, 0.3) is 0 Å². The molecule has 1 aromatic carbocycles. The fourth-order valence-electron chi connectivity index (χ4n) is 1.19. The highest BCUT2D eigenvalue weighted by Crippen LogP contribution is 2.20. The van der Waals surface area contributed by atoms with Crippen LogP contribution in [-0.2, 0) is 0 Å². The lowest BCUT2D eigenvalue weighted by atomic mass is 10.1. The molecule has 0 fully saturated rings. The van der Waals surface area contributed by atoms with Crippen LogP contribution in [0.15, 0.2) is 30.9 Å². The minimum absolute atomic E-state index is 0.0139. The van der Waals surface area contributed by atoms with Gasteiger partial charge in [0.25, 0.3) is 0 Å². The summed E-state index contributed by atoms with van der Waals surface area (Å²) in [4.78, 5) is 0. The van der Waals surface area contributed by atoms with E-state index in [0.29, 0.717) is 0 Å². The van der Waals surface area contributed by atoms with Gasteiger partial charge in [0.05, 0.1) is 6.04 Å². The van der Waals surface area contributed by atoms with Gasteiger partial charge < -0.3 is 5.32 Å². The van der Waals surface area contributed by atoms with Gasteiger partial charge in [0, 0.05) is 5.56 Å². The Balaban J connectivity index is 3.17. The molecular weight excluding hydrogens is 172 g/mol. The molecule has 1 N–H and O–H groups in total. The third-order valence-corrected chi connectivity index (χ3v) is 1.86.